The largest absolute Gasteiger partial charge is 0.354 e. The van der Waals surface area contributed by atoms with Crippen LogP contribution in [0.1, 0.15) is 13.3 Å². The Bertz CT molecular complexity index is 711. The third kappa shape index (κ3) is 4.21. The first-order chi connectivity index (χ1) is 12.9. The van der Waals surface area contributed by atoms with Gasteiger partial charge in [-0.05, 0) is 40.7 Å². The minimum atomic E-state index is -3.50. The summed E-state index contributed by atoms with van der Waals surface area (Å²) in [5.74, 6) is 0.741. The van der Waals surface area contributed by atoms with Crippen LogP contribution in [0.4, 0.5) is 0 Å². The number of likely N-dealkylation sites (N-methyl/N-ethyl adjacent to an activating group) is 2. The second-order valence-electron chi connectivity index (χ2n) is 7.56. The molecule has 0 radical (unpaired) electrons. The van der Waals surface area contributed by atoms with Crippen molar-refractivity contribution < 1.29 is 8.42 Å². The van der Waals surface area contributed by atoms with Gasteiger partial charge in [-0.25, -0.2) is 4.99 Å². The van der Waals surface area contributed by atoms with Crippen molar-refractivity contribution in [1.82, 2.24) is 23.3 Å². The second-order valence-corrected chi connectivity index (χ2v) is 9.37. The van der Waals surface area contributed by atoms with Gasteiger partial charge in [0, 0.05) is 57.9 Å². The van der Waals surface area contributed by atoms with Gasteiger partial charge in [-0.3, -0.25) is 4.31 Å². The summed E-state index contributed by atoms with van der Waals surface area (Å²) < 4.78 is 29.5. The van der Waals surface area contributed by atoms with Crippen molar-refractivity contribution in [1.29, 1.82) is 0 Å². The van der Waals surface area contributed by atoms with E-state index in [-0.39, 0.29) is 6.04 Å². The van der Waals surface area contributed by atoms with Gasteiger partial charge in [0.1, 0.15) is 5.82 Å². The third-order valence-corrected chi connectivity index (χ3v) is 7.75. The Hall–Kier alpha value is -1.42. The fraction of sp³-hybridized carbons (Fsp3) is 0.722. The molecular weight excluding hydrogens is 364 g/mol. The van der Waals surface area contributed by atoms with Crippen LogP contribution in [0.25, 0.3) is 0 Å². The Labute approximate surface area is 163 Å². The molecule has 3 aliphatic rings. The van der Waals surface area contributed by atoms with Gasteiger partial charge in [0.05, 0.1) is 5.70 Å². The quantitative estimate of drug-likeness (QED) is 0.492. The average molecular weight is 397 g/mol. The summed E-state index contributed by atoms with van der Waals surface area (Å²) in [6.45, 7) is 12.0. The van der Waals surface area contributed by atoms with E-state index < -0.39 is 10.2 Å². The lowest BCUT2D eigenvalue weighted by molar-refractivity contribution is 0.185. The zero-order valence-corrected chi connectivity index (χ0v) is 17.5. The highest BCUT2D eigenvalue weighted by atomic mass is 32.2. The zero-order valence-electron chi connectivity index (χ0n) is 16.7. The normalized spacial score (nSPS) is 28.9. The van der Waals surface area contributed by atoms with Gasteiger partial charge >= 0.3 is 10.2 Å². The highest BCUT2D eigenvalue weighted by molar-refractivity contribution is 7.87. The van der Waals surface area contributed by atoms with E-state index in [9.17, 15) is 8.42 Å². The molecule has 152 valence electrons. The van der Waals surface area contributed by atoms with Crippen LogP contribution in [0.5, 0.6) is 0 Å². The van der Waals surface area contributed by atoms with Gasteiger partial charge in [-0.15, -0.1) is 0 Å². The van der Waals surface area contributed by atoms with Gasteiger partial charge in [-0.1, -0.05) is 6.08 Å². The molecule has 0 aromatic heterocycles. The third-order valence-electron chi connectivity index (χ3n) is 5.72. The van der Waals surface area contributed by atoms with Crippen LogP contribution in [-0.2, 0) is 10.2 Å². The van der Waals surface area contributed by atoms with Crippen molar-refractivity contribution in [3.63, 3.8) is 0 Å². The summed E-state index contributed by atoms with van der Waals surface area (Å²) in [4.78, 5) is 10.8. The molecule has 0 amide bonds. The van der Waals surface area contributed by atoms with Crippen LogP contribution in [0, 0.1) is 0 Å². The van der Waals surface area contributed by atoms with Gasteiger partial charge in [-0.2, -0.15) is 12.7 Å². The van der Waals surface area contributed by atoms with E-state index in [1.807, 2.05) is 26.1 Å². The molecule has 0 aromatic rings. The van der Waals surface area contributed by atoms with Crippen molar-refractivity contribution in [2.24, 2.45) is 4.99 Å². The predicted molar refractivity (Wildman–Crippen MR) is 109 cm³/mol. The van der Waals surface area contributed by atoms with Gasteiger partial charge < -0.3 is 14.7 Å². The molecule has 0 saturated carbocycles. The molecule has 0 spiro atoms. The molecule has 0 unspecified atom stereocenters. The number of rotatable bonds is 5. The molecule has 0 aromatic carbocycles. The molecule has 9 heteroatoms. The highest BCUT2D eigenvalue weighted by Crippen LogP contribution is 2.29. The highest BCUT2D eigenvalue weighted by Gasteiger charge is 2.43. The first-order valence-electron chi connectivity index (χ1n) is 9.63. The van der Waals surface area contributed by atoms with Crippen molar-refractivity contribution in [2.45, 2.75) is 19.4 Å². The summed E-state index contributed by atoms with van der Waals surface area (Å²) in [5.41, 5.74) is 0.671. The Morgan fingerprint density at radius 2 is 1.74 bits per heavy atom. The van der Waals surface area contributed by atoms with Gasteiger partial charge in [0.25, 0.3) is 0 Å². The molecule has 0 aliphatic carbocycles. The molecule has 0 bridgehead atoms. The summed E-state index contributed by atoms with van der Waals surface area (Å²) in [7, 11) is 0.642. The smallest absolute Gasteiger partial charge is 0.304 e. The molecule has 3 fully saturated rings. The number of aliphatic imine (C=N–C) groups is 1. The standard InChI is InChI=1S/C18H32N6O2S/c1-5-16(14-18(19-2)22-10-8-20(3)9-11-22)23-12-13-24(27(23,25)26)17-6-7-21(4)15-17/h5,14,17H,2,6-13,15H2,1,3-4H3/b16-5+,18-14+/t17-/m1/s1. The number of hydrogen-bond acceptors (Lipinski definition) is 6. The zero-order chi connectivity index (χ0) is 19.6. The monoisotopic (exact) mass is 396 g/mol. The molecule has 3 saturated heterocycles. The maximum atomic E-state index is 13.2. The number of allylic oxidation sites excluding steroid dienone is 2. The van der Waals surface area contributed by atoms with Crippen molar-refractivity contribution in [3.05, 3.63) is 23.7 Å². The molecule has 27 heavy (non-hydrogen) atoms. The Kier molecular flexibility index (Phi) is 6.25. The summed E-state index contributed by atoms with van der Waals surface area (Å²) in [6, 6.07) is 0.0710. The van der Waals surface area contributed by atoms with E-state index in [1.54, 1.807) is 4.31 Å². The number of hydrogen-bond donors (Lipinski definition) is 0. The lowest BCUT2D eigenvalue weighted by atomic mass is 10.2. The lowest BCUT2D eigenvalue weighted by Crippen LogP contribution is -2.43. The van der Waals surface area contributed by atoms with Crippen LogP contribution in [0.15, 0.2) is 28.7 Å². The van der Waals surface area contributed by atoms with Crippen LogP contribution < -0.4 is 0 Å². The lowest BCUT2D eigenvalue weighted by Gasteiger charge is -2.34. The minimum absolute atomic E-state index is 0.0710. The summed E-state index contributed by atoms with van der Waals surface area (Å²) >= 11 is 0. The molecule has 1 atom stereocenters. The number of piperazine rings is 1. The number of nitrogens with zero attached hydrogens (tertiary/aromatic N) is 6. The topological polar surface area (TPSA) is 62.7 Å². The molecule has 3 heterocycles. The molecular formula is C18H32N6O2S. The summed E-state index contributed by atoms with van der Waals surface area (Å²) in [6.07, 6.45) is 4.61. The second kappa shape index (κ2) is 8.30. The Morgan fingerprint density at radius 3 is 2.30 bits per heavy atom. The Morgan fingerprint density at radius 1 is 1.04 bits per heavy atom. The molecule has 0 N–H and O–H groups in total. The minimum Gasteiger partial charge on any atom is -0.354 e. The van der Waals surface area contributed by atoms with E-state index in [4.69, 9.17) is 0 Å². The van der Waals surface area contributed by atoms with Crippen LogP contribution in [0.2, 0.25) is 0 Å². The fourth-order valence-electron chi connectivity index (χ4n) is 4.03. The van der Waals surface area contributed by atoms with E-state index in [1.165, 1.54) is 4.31 Å². The Balaban J connectivity index is 1.78. The van der Waals surface area contributed by atoms with Crippen molar-refractivity contribution >= 4 is 16.9 Å². The van der Waals surface area contributed by atoms with Crippen LogP contribution in [0.3, 0.4) is 0 Å². The van der Waals surface area contributed by atoms with E-state index >= 15 is 0 Å². The van der Waals surface area contributed by atoms with Crippen molar-refractivity contribution in [2.75, 3.05) is 66.5 Å². The average Bonchev–Trinajstić information content (AvgIpc) is 3.19. The van der Waals surface area contributed by atoms with Crippen LogP contribution >= 0.6 is 0 Å². The van der Waals surface area contributed by atoms with Crippen molar-refractivity contribution in [3.8, 4) is 0 Å². The van der Waals surface area contributed by atoms with E-state index in [0.717, 1.165) is 51.5 Å². The molecule has 8 nitrogen and oxygen atoms in total. The maximum absolute atomic E-state index is 13.2. The SMILES string of the molecule is C=N/C(=C\C(=C/C)N1CCN([C@@H]2CCN(C)C2)S1(=O)=O)N1CCN(C)CC1. The first kappa shape index (κ1) is 20.3. The summed E-state index contributed by atoms with van der Waals surface area (Å²) in [5, 5.41) is 0. The predicted octanol–water partition coefficient (Wildman–Crippen LogP) is 0.246. The van der Waals surface area contributed by atoms with Gasteiger partial charge in [0.2, 0.25) is 0 Å². The first-order valence-corrected chi connectivity index (χ1v) is 11.0. The molecule has 3 aliphatic heterocycles. The molecule has 3 rings (SSSR count). The maximum Gasteiger partial charge on any atom is 0.304 e. The van der Waals surface area contributed by atoms with Crippen LogP contribution in [-0.4, -0.2) is 111 Å². The number of likely N-dealkylation sites (tertiary alicyclic amines) is 1. The van der Waals surface area contributed by atoms with E-state index in [0.29, 0.717) is 18.8 Å². The fourth-order valence-corrected chi connectivity index (χ4v) is 5.88. The van der Waals surface area contributed by atoms with E-state index in [2.05, 4.69) is 33.5 Å². The van der Waals surface area contributed by atoms with Gasteiger partial charge in [0.15, 0.2) is 0 Å².